The van der Waals surface area contributed by atoms with Gasteiger partial charge in [0.1, 0.15) is 5.76 Å². The SMILES string of the molecule is CCOc1cc(CNC(=O)Cc2cc(C)on2)ccc1O. The average Bonchev–Trinajstić information content (AvgIpc) is 2.85. The van der Waals surface area contributed by atoms with Crippen LogP contribution in [0.2, 0.25) is 0 Å². The van der Waals surface area contributed by atoms with E-state index in [1.807, 2.05) is 6.92 Å². The van der Waals surface area contributed by atoms with Crippen LogP contribution in [0.25, 0.3) is 0 Å². The summed E-state index contributed by atoms with van der Waals surface area (Å²) in [4.78, 5) is 11.8. The Morgan fingerprint density at radius 1 is 1.43 bits per heavy atom. The number of carbonyl (C=O) groups is 1. The van der Waals surface area contributed by atoms with Gasteiger partial charge < -0.3 is 19.7 Å². The first-order chi connectivity index (χ1) is 10.1. The van der Waals surface area contributed by atoms with Crippen molar-refractivity contribution in [1.29, 1.82) is 0 Å². The zero-order chi connectivity index (χ0) is 15.2. The highest BCUT2D eigenvalue weighted by atomic mass is 16.5. The number of phenolic OH excluding ortho intramolecular Hbond substituents is 1. The average molecular weight is 290 g/mol. The Morgan fingerprint density at radius 3 is 2.90 bits per heavy atom. The van der Waals surface area contributed by atoms with E-state index in [0.29, 0.717) is 30.4 Å². The smallest absolute Gasteiger partial charge is 0.226 e. The summed E-state index contributed by atoms with van der Waals surface area (Å²) in [6.07, 6.45) is 0.174. The van der Waals surface area contributed by atoms with Gasteiger partial charge in [-0.25, -0.2) is 0 Å². The van der Waals surface area contributed by atoms with Crippen LogP contribution in [0.1, 0.15) is 23.9 Å². The molecule has 1 heterocycles. The van der Waals surface area contributed by atoms with E-state index in [0.717, 1.165) is 5.56 Å². The molecule has 0 atom stereocenters. The highest BCUT2D eigenvalue weighted by molar-refractivity contribution is 5.78. The number of aryl methyl sites for hydroxylation is 1. The van der Waals surface area contributed by atoms with Gasteiger partial charge in [0, 0.05) is 12.6 Å². The van der Waals surface area contributed by atoms with Gasteiger partial charge in [0.2, 0.25) is 5.91 Å². The summed E-state index contributed by atoms with van der Waals surface area (Å²) in [6, 6.07) is 6.72. The van der Waals surface area contributed by atoms with Crippen molar-refractivity contribution in [3.63, 3.8) is 0 Å². The fourth-order valence-electron chi connectivity index (χ4n) is 1.87. The quantitative estimate of drug-likeness (QED) is 0.849. The molecule has 1 aromatic heterocycles. The molecule has 1 aromatic carbocycles. The lowest BCUT2D eigenvalue weighted by Crippen LogP contribution is -2.24. The van der Waals surface area contributed by atoms with E-state index < -0.39 is 0 Å². The lowest BCUT2D eigenvalue weighted by atomic mass is 10.2. The molecule has 0 bridgehead atoms. The largest absolute Gasteiger partial charge is 0.504 e. The zero-order valence-electron chi connectivity index (χ0n) is 12.0. The van der Waals surface area contributed by atoms with E-state index in [1.54, 1.807) is 31.2 Å². The van der Waals surface area contributed by atoms with Gasteiger partial charge in [0.15, 0.2) is 11.5 Å². The van der Waals surface area contributed by atoms with Gasteiger partial charge in [-0.1, -0.05) is 11.2 Å². The third-order valence-electron chi connectivity index (χ3n) is 2.83. The number of nitrogens with one attached hydrogen (secondary N) is 1. The van der Waals surface area contributed by atoms with Gasteiger partial charge in [0.05, 0.1) is 18.7 Å². The standard InChI is InChI=1S/C15H18N2O4/c1-3-20-14-7-11(4-5-13(14)18)9-16-15(19)8-12-6-10(2)21-17-12/h4-7,18H,3,8-9H2,1-2H3,(H,16,19). The molecule has 6 nitrogen and oxygen atoms in total. The van der Waals surface area contributed by atoms with Crippen molar-refractivity contribution >= 4 is 5.91 Å². The molecule has 6 heteroatoms. The Labute approximate surface area is 122 Å². The summed E-state index contributed by atoms with van der Waals surface area (Å²) in [7, 11) is 0. The van der Waals surface area contributed by atoms with E-state index in [4.69, 9.17) is 9.26 Å². The zero-order valence-corrected chi connectivity index (χ0v) is 12.0. The molecule has 1 amide bonds. The van der Waals surface area contributed by atoms with Crippen molar-refractivity contribution in [1.82, 2.24) is 10.5 Å². The number of aromatic nitrogens is 1. The molecule has 0 aliphatic rings. The number of carbonyl (C=O) groups excluding carboxylic acids is 1. The van der Waals surface area contributed by atoms with Gasteiger partial charge >= 0.3 is 0 Å². The van der Waals surface area contributed by atoms with Crippen molar-refractivity contribution in [3.05, 3.63) is 41.3 Å². The van der Waals surface area contributed by atoms with Gasteiger partial charge in [-0.15, -0.1) is 0 Å². The number of hydrogen-bond acceptors (Lipinski definition) is 5. The van der Waals surface area contributed by atoms with Crippen molar-refractivity contribution in [2.75, 3.05) is 6.61 Å². The number of nitrogens with zero attached hydrogens (tertiary/aromatic N) is 1. The van der Waals surface area contributed by atoms with E-state index in [-0.39, 0.29) is 18.1 Å². The number of benzene rings is 1. The van der Waals surface area contributed by atoms with Crippen LogP contribution >= 0.6 is 0 Å². The molecular formula is C15H18N2O4. The predicted molar refractivity (Wildman–Crippen MR) is 76.1 cm³/mol. The van der Waals surface area contributed by atoms with Gasteiger partial charge in [-0.05, 0) is 31.5 Å². The molecule has 21 heavy (non-hydrogen) atoms. The van der Waals surface area contributed by atoms with Crippen molar-refractivity contribution in [2.45, 2.75) is 26.8 Å². The van der Waals surface area contributed by atoms with Crippen LogP contribution in [0.15, 0.2) is 28.8 Å². The maximum Gasteiger partial charge on any atom is 0.226 e. The third-order valence-corrected chi connectivity index (χ3v) is 2.83. The number of aromatic hydroxyl groups is 1. The minimum Gasteiger partial charge on any atom is -0.504 e. The van der Waals surface area contributed by atoms with E-state index in [9.17, 15) is 9.90 Å². The fraction of sp³-hybridized carbons (Fsp3) is 0.333. The van der Waals surface area contributed by atoms with Crippen LogP contribution in [0.5, 0.6) is 11.5 Å². The molecule has 2 aromatic rings. The predicted octanol–water partition coefficient (Wildman–Crippen LogP) is 1.95. The first-order valence-corrected chi connectivity index (χ1v) is 6.72. The van der Waals surface area contributed by atoms with Gasteiger partial charge in [0.25, 0.3) is 0 Å². The first-order valence-electron chi connectivity index (χ1n) is 6.72. The van der Waals surface area contributed by atoms with Crippen LogP contribution in [-0.2, 0) is 17.8 Å². The number of amides is 1. The summed E-state index contributed by atoms with van der Waals surface area (Å²) in [5.41, 5.74) is 1.45. The monoisotopic (exact) mass is 290 g/mol. The fourth-order valence-corrected chi connectivity index (χ4v) is 1.87. The number of rotatable bonds is 6. The lowest BCUT2D eigenvalue weighted by Gasteiger charge is -2.09. The van der Waals surface area contributed by atoms with Crippen molar-refractivity contribution in [2.24, 2.45) is 0 Å². The van der Waals surface area contributed by atoms with Gasteiger partial charge in [-0.2, -0.15) is 0 Å². The van der Waals surface area contributed by atoms with Crippen LogP contribution in [0.4, 0.5) is 0 Å². The molecule has 0 fully saturated rings. The molecule has 2 rings (SSSR count). The highest BCUT2D eigenvalue weighted by Crippen LogP contribution is 2.26. The first kappa shape index (κ1) is 14.9. The Bertz CT molecular complexity index is 622. The van der Waals surface area contributed by atoms with Crippen molar-refractivity contribution in [3.8, 4) is 11.5 Å². The minimum absolute atomic E-state index is 0.0880. The second-order valence-electron chi connectivity index (χ2n) is 4.62. The Morgan fingerprint density at radius 2 is 2.24 bits per heavy atom. The molecule has 0 unspecified atom stereocenters. The van der Waals surface area contributed by atoms with Gasteiger partial charge in [-0.3, -0.25) is 4.79 Å². The lowest BCUT2D eigenvalue weighted by molar-refractivity contribution is -0.120. The van der Waals surface area contributed by atoms with E-state index >= 15 is 0 Å². The highest BCUT2D eigenvalue weighted by Gasteiger charge is 2.08. The molecule has 112 valence electrons. The Hall–Kier alpha value is -2.50. The molecule has 0 aliphatic heterocycles. The molecular weight excluding hydrogens is 272 g/mol. The maximum absolute atomic E-state index is 11.8. The maximum atomic E-state index is 11.8. The Kier molecular flexibility index (Phi) is 4.81. The molecule has 0 radical (unpaired) electrons. The number of phenols is 1. The molecule has 0 saturated heterocycles. The minimum atomic E-state index is -0.144. The summed E-state index contributed by atoms with van der Waals surface area (Å²) in [6.45, 7) is 4.44. The summed E-state index contributed by atoms with van der Waals surface area (Å²) >= 11 is 0. The number of hydrogen-bond donors (Lipinski definition) is 2. The normalized spacial score (nSPS) is 10.4. The summed E-state index contributed by atoms with van der Waals surface area (Å²) < 4.78 is 10.2. The summed E-state index contributed by atoms with van der Waals surface area (Å²) in [5, 5.41) is 16.2. The molecule has 0 saturated carbocycles. The second-order valence-corrected chi connectivity index (χ2v) is 4.62. The van der Waals surface area contributed by atoms with Crippen LogP contribution in [0, 0.1) is 6.92 Å². The topological polar surface area (TPSA) is 84.6 Å². The number of ether oxygens (including phenoxy) is 1. The third kappa shape index (κ3) is 4.24. The van der Waals surface area contributed by atoms with Crippen molar-refractivity contribution < 1.29 is 19.2 Å². The van der Waals surface area contributed by atoms with Crippen LogP contribution < -0.4 is 10.1 Å². The van der Waals surface area contributed by atoms with Crippen LogP contribution in [0.3, 0.4) is 0 Å². The van der Waals surface area contributed by atoms with E-state index in [2.05, 4.69) is 10.5 Å². The molecule has 0 aliphatic carbocycles. The second kappa shape index (κ2) is 6.78. The Balaban J connectivity index is 1.90. The van der Waals surface area contributed by atoms with E-state index in [1.165, 1.54) is 0 Å². The molecule has 2 N–H and O–H groups in total. The van der Waals surface area contributed by atoms with Crippen LogP contribution in [-0.4, -0.2) is 22.8 Å². The molecule has 0 spiro atoms. The summed E-state index contributed by atoms with van der Waals surface area (Å²) in [5.74, 6) is 1.04.